The van der Waals surface area contributed by atoms with Crippen molar-refractivity contribution in [1.29, 1.82) is 0 Å². The number of aromatic carboxylic acids is 1. The molecule has 4 nitrogen and oxygen atoms in total. The zero-order valence-corrected chi connectivity index (χ0v) is 10.1. The first kappa shape index (κ1) is 10.4. The second-order valence-corrected chi connectivity index (χ2v) is 5.47. The lowest BCUT2D eigenvalue weighted by Crippen LogP contribution is -2.16. The number of halogens is 1. The molecule has 78 valence electrons. The van der Waals surface area contributed by atoms with E-state index in [-0.39, 0.29) is 5.56 Å². The summed E-state index contributed by atoms with van der Waals surface area (Å²) in [6, 6.07) is 1.65. The molecule has 0 spiro atoms. The maximum absolute atomic E-state index is 11.7. The van der Waals surface area contributed by atoms with Crippen LogP contribution in [0.2, 0.25) is 0 Å². The Bertz CT molecular complexity index is 614. The predicted octanol–water partition coefficient (Wildman–Crippen LogP) is 2.06. The minimum absolute atomic E-state index is 0.199. The van der Waals surface area contributed by atoms with Crippen LogP contribution in [0.1, 0.15) is 10.4 Å². The summed E-state index contributed by atoms with van der Waals surface area (Å²) in [5.74, 6) is -1.19. The van der Waals surface area contributed by atoms with Crippen molar-refractivity contribution in [2.24, 2.45) is 7.05 Å². The highest BCUT2D eigenvalue weighted by atomic mass is 79.9. The highest BCUT2D eigenvalue weighted by Crippen LogP contribution is 2.27. The molecule has 0 aliphatic heterocycles. The van der Waals surface area contributed by atoms with Crippen molar-refractivity contribution in [3.63, 3.8) is 0 Å². The zero-order valence-electron chi connectivity index (χ0n) is 7.65. The van der Waals surface area contributed by atoms with E-state index >= 15 is 0 Å². The Hall–Kier alpha value is -1.14. The van der Waals surface area contributed by atoms with Gasteiger partial charge < -0.3 is 9.67 Å². The number of thiophene rings is 1. The highest BCUT2D eigenvalue weighted by Gasteiger charge is 2.14. The summed E-state index contributed by atoms with van der Waals surface area (Å²) in [6.45, 7) is 0. The van der Waals surface area contributed by atoms with Crippen molar-refractivity contribution < 1.29 is 9.90 Å². The van der Waals surface area contributed by atoms with Gasteiger partial charge in [0.05, 0.1) is 9.17 Å². The van der Waals surface area contributed by atoms with E-state index in [2.05, 4.69) is 15.9 Å². The van der Waals surface area contributed by atoms with Crippen LogP contribution in [-0.4, -0.2) is 15.6 Å². The van der Waals surface area contributed by atoms with Gasteiger partial charge in [0.1, 0.15) is 10.4 Å². The van der Waals surface area contributed by atoms with Crippen LogP contribution in [-0.2, 0) is 7.05 Å². The van der Waals surface area contributed by atoms with E-state index in [0.29, 0.717) is 5.39 Å². The van der Waals surface area contributed by atoms with Gasteiger partial charge in [0.25, 0.3) is 0 Å². The van der Waals surface area contributed by atoms with Crippen LogP contribution in [0, 0.1) is 0 Å². The fourth-order valence-corrected chi connectivity index (χ4v) is 2.89. The molecule has 0 saturated carbocycles. The number of carboxylic acid groups (broad SMARTS) is 1. The van der Waals surface area contributed by atoms with Crippen LogP contribution in [0.3, 0.4) is 0 Å². The Morgan fingerprint density at radius 1 is 1.60 bits per heavy atom. The van der Waals surface area contributed by atoms with Gasteiger partial charge in [-0.15, -0.1) is 11.3 Å². The van der Waals surface area contributed by atoms with Gasteiger partial charge in [-0.25, -0.2) is 4.79 Å². The summed E-state index contributed by atoms with van der Waals surface area (Å²) in [4.78, 5) is 23.3. The molecule has 0 aliphatic carbocycles. The monoisotopic (exact) mass is 287 g/mol. The molecular formula is C9H6BrNO3S. The van der Waals surface area contributed by atoms with Gasteiger partial charge in [0.15, 0.2) is 0 Å². The molecule has 0 amide bonds. The smallest absolute Gasteiger partial charge is 0.341 e. The number of aryl methyl sites for hydroxylation is 1. The molecule has 1 N–H and O–H groups in total. The van der Waals surface area contributed by atoms with Gasteiger partial charge in [-0.1, -0.05) is 0 Å². The first-order valence-corrected chi connectivity index (χ1v) is 5.63. The number of fused-ring (bicyclic) bond motifs is 1. The van der Waals surface area contributed by atoms with Crippen LogP contribution < -0.4 is 5.43 Å². The number of pyridine rings is 1. The summed E-state index contributed by atoms with van der Waals surface area (Å²) in [5.41, 5.74) is -0.632. The molecule has 2 rings (SSSR count). The van der Waals surface area contributed by atoms with E-state index in [0.717, 1.165) is 8.62 Å². The highest BCUT2D eigenvalue weighted by molar-refractivity contribution is 9.11. The molecule has 0 fully saturated rings. The van der Waals surface area contributed by atoms with E-state index < -0.39 is 11.4 Å². The Labute approximate surface area is 96.9 Å². The third kappa shape index (κ3) is 1.59. The second-order valence-electron chi connectivity index (χ2n) is 3.06. The van der Waals surface area contributed by atoms with E-state index in [4.69, 9.17) is 5.11 Å². The summed E-state index contributed by atoms with van der Waals surface area (Å²) in [6.07, 6.45) is 1.34. The molecule has 0 bridgehead atoms. The van der Waals surface area contributed by atoms with E-state index in [9.17, 15) is 9.59 Å². The van der Waals surface area contributed by atoms with Crippen molar-refractivity contribution >= 4 is 43.5 Å². The first-order chi connectivity index (χ1) is 7.00. The van der Waals surface area contributed by atoms with Crippen molar-refractivity contribution in [3.8, 4) is 0 Å². The molecule has 0 aliphatic rings. The SMILES string of the molecule is Cn1cc(C(=O)O)c(=O)c2cc(Br)sc21. The van der Waals surface area contributed by atoms with E-state index in [1.165, 1.54) is 17.5 Å². The molecule has 2 heterocycles. The lowest BCUT2D eigenvalue weighted by Gasteiger charge is -2.01. The zero-order chi connectivity index (χ0) is 11.2. The van der Waals surface area contributed by atoms with Crippen molar-refractivity contribution in [2.75, 3.05) is 0 Å². The Morgan fingerprint density at radius 3 is 2.87 bits per heavy atom. The maximum atomic E-state index is 11.7. The summed E-state index contributed by atoms with van der Waals surface area (Å²) >= 11 is 4.67. The number of carboxylic acids is 1. The lowest BCUT2D eigenvalue weighted by atomic mass is 10.2. The molecule has 15 heavy (non-hydrogen) atoms. The van der Waals surface area contributed by atoms with Crippen LogP contribution in [0.25, 0.3) is 10.2 Å². The largest absolute Gasteiger partial charge is 0.477 e. The van der Waals surface area contributed by atoms with Crippen LogP contribution in [0.15, 0.2) is 20.8 Å². The van der Waals surface area contributed by atoms with Gasteiger partial charge in [-0.2, -0.15) is 0 Å². The fourth-order valence-electron chi connectivity index (χ4n) is 1.39. The normalized spacial score (nSPS) is 10.8. The average Bonchev–Trinajstić information content (AvgIpc) is 2.53. The molecule has 0 radical (unpaired) electrons. The topological polar surface area (TPSA) is 59.3 Å². The third-order valence-corrected chi connectivity index (χ3v) is 3.77. The molecule has 0 saturated heterocycles. The van der Waals surface area contributed by atoms with Crippen LogP contribution in [0.5, 0.6) is 0 Å². The number of rotatable bonds is 1. The second kappa shape index (κ2) is 3.46. The minimum atomic E-state index is -1.19. The fraction of sp³-hybridized carbons (Fsp3) is 0.111. The summed E-state index contributed by atoms with van der Waals surface area (Å²) < 4.78 is 2.46. The molecule has 0 aromatic carbocycles. The molecule has 6 heteroatoms. The number of hydrogen-bond acceptors (Lipinski definition) is 3. The number of hydrogen-bond donors (Lipinski definition) is 1. The Balaban J connectivity index is 2.96. The van der Waals surface area contributed by atoms with Crippen molar-refractivity contribution in [3.05, 3.63) is 31.8 Å². The van der Waals surface area contributed by atoms with Crippen molar-refractivity contribution in [1.82, 2.24) is 4.57 Å². The molecular weight excluding hydrogens is 282 g/mol. The molecule has 0 atom stereocenters. The number of carbonyl (C=O) groups is 1. The summed E-state index contributed by atoms with van der Waals surface area (Å²) in [5, 5.41) is 9.27. The lowest BCUT2D eigenvalue weighted by molar-refractivity contribution is 0.0695. The van der Waals surface area contributed by atoms with Gasteiger partial charge in [-0.3, -0.25) is 4.79 Å². The van der Waals surface area contributed by atoms with E-state index in [1.807, 2.05) is 0 Å². The summed E-state index contributed by atoms with van der Waals surface area (Å²) in [7, 11) is 1.72. The van der Waals surface area contributed by atoms with Crippen LogP contribution in [0.4, 0.5) is 0 Å². The van der Waals surface area contributed by atoms with Crippen molar-refractivity contribution in [2.45, 2.75) is 0 Å². The Kier molecular flexibility index (Phi) is 2.40. The predicted molar refractivity (Wildman–Crippen MR) is 61.7 cm³/mol. The quantitative estimate of drug-likeness (QED) is 0.873. The van der Waals surface area contributed by atoms with Gasteiger partial charge in [0, 0.05) is 13.2 Å². The molecule has 2 aromatic heterocycles. The standard InChI is InChI=1S/C9H6BrNO3S/c1-11-3-5(9(13)14)7(12)4-2-6(10)15-8(4)11/h2-3H,1H3,(H,13,14). The molecule has 0 unspecified atom stereocenters. The first-order valence-electron chi connectivity index (χ1n) is 4.02. The maximum Gasteiger partial charge on any atom is 0.341 e. The van der Waals surface area contributed by atoms with Gasteiger partial charge >= 0.3 is 5.97 Å². The number of nitrogens with zero attached hydrogens (tertiary/aromatic N) is 1. The Morgan fingerprint density at radius 2 is 2.27 bits per heavy atom. The number of aromatic nitrogens is 1. The van der Waals surface area contributed by atoms with Gasteiger partial charge in [0.2, 0.25) is 5.43 Å². The third-order valence-electron chi connectivity index (χ3n) is 2.05. The van der Waals surface area contributed by atoms with Gasteiger partial charge in [-0.05, 0) is 22.0 Å². The van der Waals surface area contributed by atoms with E-state index in [1.54, 1.807) is 17.7 Å². The van der Waals surface area contributed by atoms with Crippen LogP contribution >= 0.6 is 27.3 Å². The molecule has 2 aromatic rings. The minimum Gasteiger partial charge on any atom is -0.477 e. The average molecular weight is 288 g/mol.